The molecule has 5 nitrogen and oxygen atoms in total. The van der Waals surface area contributed by atoms with Gasteiger partial charge in [-0.2, -0.15) is 0 Å². The normalized spacial score (nSPS) is 13.9. The molecule has 2 heterocycles. The molecule has 1 aromatic heterocycles. The third kappa shape index (κ3) is 2.61. The quantitative estimate of drug-likeness (QED) is 0.660. The number of rotatable bonds is 2. The zero-order valence-corrected chi connectivity index (χ0v) is 11.4. The molecule has 0 atom stereocenters. The first-order valence-electron chi connectivity index (χ1n) is 5.58. The van der Waals surface area contributed by atoms with Gasteiger partial charge in [-0.3, -0.25) is 4.99 Å². The summed E-state index contributed by atoms with van der Waals surface area (Å²) in [7, 11) is 0. The van der Waals surface area contributed by atoms with E-state index < -0.39 is 0 Å². The van der Waals surface area contributed by atoms with Crippen LogP contribution in [-0.2, 0) is 0 Å². The number of hydrogen-bond donors (Lipinski definition) is 2. The van der Waals surface area contributed by atoms with Crippen LogP contribution in [0.5, 0.6) is 17.4 Å². The summed E-state index contributed by atoms with van der Waals surface area (Å²) in [5.74, 6) is 1.45. The van der Waals surface area contributed by atoms with Crippen molar-refractivity contribution in [3.8, 4) is 17.4 Å². The Labute approximate surface area is 118 Å². The molecule has 0 bridgehead atoms. The van der Waals surface area contributed by atoms with Crippen LogP contribution in [0.4, 0.5) is 5.69 Å². The van der Waals surface area contributed by atoms with Gasteiger partial charge < -0.3 is 19.6 Å². The molecule has 0 radical (unpaired) electrons. The van der Waals surface area contributed by atoms with Crippen LogP contribution < -0.4 is 9.47 Å². The van der Waals surface area contributed by atoms with Crippen LogP contribution in [0.1, 0.15) is 4.88 Å². The van der Waals surface area contributed by atoms with E-state index >= 15 is 0 Å². The molecule has 0 unspecified atom stereocenters. The molecule has 0 saturated heterocycles. The topological polar surface area (TPSA) is 66.8 Å². The minimum atomic E-state index is 0.0382. The summed E-state index contributed by atoms with van der Waals surface area (Å²) < 4.78 is 11.4. The van der Waals surface area contributed by atoms with Crippen molar-refractivity contribution in [3.63, 3.8) is 0 Å². The number of nitrogens with zero attached hydrogens (tertiary/aromatic N) is 1. The highest BCUT2D eigenvalue weighted by molar-refractivity contribution is 7.73. The average Bonchev–Trinajstić information content (AvgIpc) is 2.74. The molecule has 2 aromatic rings. The van der Waals surface area contributed by atoms with Crippen molar-refractivity contribution in [2.24, 2.45) is 4.99 Å². The highest BCUT2D eigenvalue weighted by atomic mass is 32.1. The molecule has 1 aliphatic rings. The van der Waals surface area contributed by atoms with E-state index in [-0.39, 0.29) is 5.88 Å². The van der Waals surface area contributed by atoms with Gasteiger partial charge in [0.05, 0.1) is 11.9 Å². The first-order chi connectivity index (χ1) is 9.22. The summed E-state index contributed by atoms with van der Waals surface area (Å²) in [6.07, 6.45) is 1.57. The number of nitrogens with one attached hydrogen (secondary N) is 1. The van der Waals surface area contributed by atoms with Crippen LogP contribution in [0, 0.1) is 3.95 Å². The number of aromatic nitrogens is 1. The van der Waals surface area contributed by atoms with E-state index in [0.717, 1.165) is 11.4 Å². The van der Waals surface area contributed by atoms with Gasteiger partial charge in [-0.05, 0) is 24.4 Å². The SMILES string of the molecule is Oc1[nH]c(=S)sc1C=Nc1ccc2c(c1)OCCO2. The van der Waals surface area contributed by atoms with E-state index in [1.807, 2.05) is 12.1 Å². The van der Waals surface area contributed by atoms with Crippen molar-refractivity contribution >= 4 is 35.5 Å². The first kappa shape index (κ1) is 12.2. The summed E-state index contributed by atoms with van der Waals surface area (Å²) in [6.45, 7) is 1.11. The van der Waals surface area contributed by atoms with E-state index in [0.29, 0.717) is 27.8 Å². The van der Waals surface area contributed by atoms with Crippen LogP contribution in [0.25, 0.3) is 0 Å². The minimum Gasteiger partial charge on any atom is -0.494 e. The third-order valence-corrected chi connectivity index (χ3v) is 3.67. The molecule has 1 aliphatic heterocycles. The van der Waals surface area contributed by atoms with Gasteiger partial charge in [0.2, 0.25) is 5.88 Å². The third-order valence-electron chi connectivity index (χ3n) is 2.51. The highest BCUT2D eigenvalue weighted by Crippen LogP contribution is 2.33. The molecule has 1 aromatic carbocycles. The maximum atomic E-state index is 9.55. The second-order valence-corrected chi connectivity index (χ2v) is 5.53. The van der Waals surface area contributed by atoms with Crippen LogP contribution in [-0.4, -0.2) is 29.5 Å². The van der Waals surface area contributed by atoms with E-state index in [4.69, 9.17) is 21.7 Å². The first-order valence-corrected chi connectivity index (χ1v) is 6.80. The van der Waals surface area contributed by atoms with Crippen LogP contribution in [0.2, 0.25) is 0 Å². The monoisotopic (exact) mass is 294 g/mol. The number of fused-ring (bicyclic) bond motifs is 1. The number of benzene rings is 1. The Morgan fingerprint density at radius 1 is 1.32 bits per heavy atom. The van der Waals surface area contributed by atoms with Crippen molar-refractivity contribution in [1.82, 2.24) is 4.98 Å². The van der Waals surface area contributed by atoms with Gasteiger partial charge in [0.25, 0.3) is 0 Å². The number of thiazole rings is 1. The number of ether oxygens (including phenoxy) is 2. The van der Waals surface area contributed by atoms with Gasteiger partial charge >= 0.3 is 0 Å². The van der Waals surface area contributed by atoms with Gasteiger partial charge in [-0.15, -0.1) is 0 Å². The lowest BCUT2D eigenvalue weighted by molar-refractivity contribution is 0.171. The number of aromatic hydroxyl groups is 1. The predicted octanol–water partition coefficient (Wildman–Crippen LogP) is 3.03. The van der Waals surface area contributed by atoms with E-state index in [9.17, 15) is 5.11 Å². The molecule has 7 heteroatoms. The molecular formula is C12H10N2O3S2. The molecule has 0 amide bonds. The smallest absolute Gasteiger partial charge is 0.209 e. The lowest BCUT2D eigenvalue weighted by atomic mass is 10.2. The summed E-state index contributed by atoms with van der Waals surface area (Å²) >= 11 is 6.20. The Morgan fingerprint density at radius 3 is 2.84 bits per heavy atom. The Bertz CT molecular complexity index is 691. The zero-order chi connectivity index (χ0) is 13.2. The largest absolute Gasteiger partial charge is 0.494 e. The fourth-order valence-electron chi connectivity index (χ4n) is 1.66. The Balaban J connectivity index is 1.87. The average molecular weight is 294 g/mol. The van der Waals surface area contributed by atoms with Crippen LogP contribution in [0.15, 0.2) is 23.2 Å². The molecule has 19 heavy (non-hydrogen) atoms. The molecule has 2 N–H and O–H groups in total. The van der Waals surface area contributed by atoms with Gasteiger partial charge in [0, 0.05) is 6.07 Å². The van der Waals surface area contributed by atoms with Crippen molar-refractivity contribution < 1.29 is 14.6 Å². The molecule has 0 saturated carbocycles. The van der Waals surface area contributed by atoms with Crippen molar-refractivity contribution in [1.29, 1.82) is 0 Å². The van der Waals surface area contributed by atoms with Gasteiger partial charge in [-0.1, -0.05) is 11.3 Å². The van der Waals surface area contributed by atoms with Crippen molar-refractivity contribution in [3.05, 3.63) is 27.0 Å². The summed E-state index contributed by atoms with van der Waals surface area (Å²) in [6, 6.07) is 5.45. The Hall–Kier alpha value is -1.86. The lowest BCUT2D eigenvalue weighted by Gasteiger charge is -2.18. The Morgan fingerprint density at radius 2 is 2.11 bits per heavy atom. The fraction of sp³-hybridized carbons (Fsp3) is 0.167. The van der Waals surface area contributed by atoms with Crippen molar-refractivity contribution in [2.75, 3.05) is 13.2 Å². The summed E-state index contributed by atoms with van der Waals surface area (Å²) in [5.41, 5.74) is 0.725. The number of aliphatic imine (C=N–C) groups is 1. The zero-order valence-electron chi connectivity index (χ0n) is 9.75. The Kier molecular flexibility index (Phi) is 3.22. The van der Waals surface area contributed by atoms with Crippen LogP contribution >= 0.6 is 23.6 Å². The summed E-state index contributed by atoms with van der Waals surface area (Å²) in [4.78, 5) is 7.53. The molecule has 3 rings (SSSR count). The predicted molar refractivity (Wildman–Crippen MR) is 75.9 cm³/mol. The van der Waals surface area contributed by atoms with Gasteiger partial charge in [0.1, 0.15) is 18.1 Å². The standard InChI is InChI=1S/C12H10N2O3S2/c15-11-10(19-12(18)14-11)6-13-7-1-2-8-9(5-7)17-4-3-16-8/h1-2,5-6,15H,3-4H2,(H,14,18). The van der Waals surface area contributed by atoms with Gasteiger partial charge in [-0.25, -0.2) is 0 Å². The molecule has 0 aliphatic carbocycles. The minimum absolute atomic E-state index is 0.0382. The van der Waals surface area contributed by atoms with E-state index in [1.54, 1.807) is 12.3 Å². The van der Waals surface area contributed by atoms with Crippen LogP contribution in [0.3, 0.4) is 0 Å². The molecular weight excluding hydrogens is 284 g/mol. The number of hydrogen-bond acceptors (Lipinski definition) is 6. The number of H-pyrrole nitrogens is 1. The summed E-state index contributed by atoms with van der Waals surface area (Å²) in [5, 5.41) is 9.55. The second-order valence-electron chi connectivity index (χ2n) is 3.81. The molecule has 0 spiro atoms. The maximum Gasteiger partial charge on any atom is 0.209 e. The number of aromatic amines is 1. The van der Waals surface area contributed by atoms with Crippen molar-refractivity contribution in [2.45, 2.75) is 0 Å². The highest BCUT2D eigenvalue weighted by Gasteiger charge is 2.11. The van der Waals surface area contributed by atoms with E-state index in [1.165, 1.54) is 11.3 Å². The van der Waals surface area contributed by atoms with E-state index in [2.05, 4.69) is 9.98 Å². The second kappa shape index (κ2) is 5.02. The molecule has 0 fully saturated rings. The maximum absolute atomic E-state index is 9.55. The lowest BCUT2D eigenvalue weighted by Crippen LogP contribution is -2.14. The fourth-order valence-corrected chi connectivity index (χ4v) is 2.63. The van der Waals surface area contributed by atoms with Gasteiger partial charge in [0.15, 0.2) is 15.5 Å². The molecule has 98 valence electrons.